The molecule has 0 bridgehead atoms. The minimum Gasteiger partial charge on any atom is -0.507 e. The average molecular weight is 206 g/mol. The third-order valence-corrected chi connectivity index (χ3v) is 1.96. The summed E-state index contributed by atoms with van der Waals surface area (Å²) in [5.41, 5.74) is 5.87. The highest BCUT2D eigenvalue weighted by molar-refractivity contribution is 5.66. The Hall–Kier alpha value is -2.24. The molecule has 0 saturated carbocycles. The van der Waals surface area contributed by atoms with Crippen molar-refractivity contribution in [1.29, 1.82) is 0 Å². The number of aromatic hydroxyl groups is 1. The van der Waals surface area contributed by atoms with Crippen LogP contribution in [0, 0.1) is 0 Å². The van der Waals surface area contributed by atoms with Crippen LogP contribution >= 0.6 is 0 Å². The summed E-state index contributed by atoms with van der Waals surface area (Å²) < 4.78 is 5.03. The summed E-state index contributed by atoms with van der Waals surface area (Å²) in [5, 5.41) is 15.9. The standard InChI is InChI=1S/C9H10N4O2/c1-15-5-2-3-7(14)6(4-5)8-11-9(10)13-12-8/h2-4,14H,1H3,(H3,10,11,12,13). The molecule has 15 heavy (non-hydrogen) atoms. The zero-order valence-corrected chi connectivity index (χ0v) is 8.06. The van der Waals surface area contributed by atoms with Crippen LogP contribution in [-0.2, 0) is 0 Å². The minimum atomic E-state index is 0.0898. The Kier molecular flexibility index (Phi) is 2.17. The van der Waals surface area contributed by atoms with Gasteiger partial charge in [-0.3, -0.25) is 5.10 Å². The lowest BCUT2D eigenvalue weighted by molar-refractivity contribution is 0.412. The minimum absolute atomic E-state index is 0.0898. The van der Waals surface area contributed by atoms with Crippen LogP contribution in [-0.4, -0.2) is 27.4 Å². The zero-order valence-electron chi connectivity index (χ0n) is 8.06. The number of nitrogens with two attached hydrogens (primary N) is 1. The number of aromatic amines is 1. The summed E-state index contributed by atoms with van der Waals surface area (Å²) in [5.74, 6) is 1.25. The van der Waals surface area contributed by atoms with Crippen LogP contribution in [0.5, 0.6) is 11.5 Å². The smallest absolute Gasteiger partial charge is 0.239 e. The van der Waals surface area contributed by atoms with Gasteiger partial charge in [0.05, 0.1) is 12.7 Å². The first-order valence-corrected chi connectivity index (χ1v) is 4.26. The number of nitrogens with one attached hydrogen (secondary N) is 1. The van der Waals surface area contributed by atoms with Gasteiger partial charge in [-0.05, 0) is 18.2 Å². The van der Waals surface area contributed by atoms with Crippen molar-refractivity contribution >= 4 is 5.95 Å². The van der Waals surface area contributed by atoms with Gasteiger partial charge < -0.3 is 15.6 Å². The van der Waals surface area contributed by atoms with E-state index in [9.17, 15) is 5.11 Å². The summed E-state index contributed by atoms with van der Waals surface area (Å²) in [6.45, 7) is 0. The van der Waals surface area contributed by atoms with Gasteiger partial charge in [-0.2, -0.15) is 4.98 Å². The highest BCUT2D eigenvalue weighted by Gasteiger charge is 2.09. The molecule has 1 aromatic carbocycles. The zero-order chi connectivity index (χ0) is 10.8. The number of hydrogen-bond acceptors (Lipinski definition) is 5. The Morgan fingerprint density at radius 2 is 2.27 bits per heavy atom. The van der Waals surface area contributed by atoms with E-state index in [1.165, 1.54) is 6.07 Å². The van der Waals surface area contributed by atoms with Crippen molar-refractivity contribution in [3.8, 4) is 22.9 Å². The lowest BCUT2D eigenvalue weighted by Crippen LogP contribution is -1.87. The first-order chi connectivity index (χ1) is 7.20. The highest BCUT2D eigenvalue weighted by atomic mass is 16.5. The Morgan fingerprint density at radius 1 is 1.47 bits per heavy atom. The molecule has 6 nitrogen and oxygen atoms in total. The van der Waals surface area contributed by atoms with Crippen LogP contribution in [0.1, 0.15) is 0 Å². The maximum Gasteiger partial charge on any atom is 0.239 e. The number of phenols is 1. The molecule has 2 rings (SSSR count). The van der Waals surface area contributed by atoms with E-state index in [1.54, 1.807) is 19.2 Å². The van der Waals surface area contributed by atoms with E-state index < -0.39 is 0 Å². The predicted octanol–water partition coefficient (Wildman–Crippen LogP) is 0.768. The predicted molar refractivity (Wildman–Crippen MR) is 54.4 cm³/mol. The van der Waals surface area contributed by atoms with Crippen LogP contribution in [0.15, 0.2) is 18.2 Å². The largest absolute Gasteiger partial charge is 0.507 e. The van der Waals surface area contributed by atoms with Crippen molar-refractivity contribution in [3.05, 3.63) is 18.2 Å². The molecule has 2 aromatic rings. The first kappa shape index (κ1) is 9.32. The van der Waals surface area contributed by atoms with Crippen molar-refractivity contribution in [2.24, 2.45) is 0 Å². The second-order valence-electron chi connectivity index (χ2n) is 2.93. The molecule has 78 valence electrons. The number of benzene rings is 1. The normalized spacial score (nSPS) is 10.2. The lowest BCUT2D eigenvalue weighted by Gasteiger charge is -2.03. The second kappa shape index (κ2) is 3.49. The fourth-order valence-corrected chi connectivity index (χ4v) is 1.23. The van der Waals surface area contributed by atoms with E-state index >= 15 is 0 Å². The average Bonchev–Trinajstić information content (AvgIpc) is 2.65. The molecule has 0 aliphatic carbocycles. The molecular formula is C9H10N4O2. The number of methoxy groups -OCH3 is 1. The number of phenolic OH excluding ortho intramolecular Hbond substituents is 1. The van der Waals surface area contributed by atoms with Crippen molar-refractivity contribution in [1.82, 2.24) is 15.2 Å². The van der Waals surface area contributed by atoms with Gasteiger partial charge in [-0.15, -0.1) is 5.10 Å². The van der Waals surface area contributed by atoms with Gasteiger partial charge in [0.15, 0.2) is 5.82 Å². The fourth-order valence-electron chi connectivity index (χ4n) is 1.23. The van der Waals surface area contributed by atoms with E-state index in [0.29, 0.717) is 17.1 Å². The number of anilines is 1. The van der Waals surface area contributed by atoms with Crippen molar-refractivity contribution in [2.45, 2.75) is 0 Å². The molecule has 1 heterocycles. The number of ether oxygens (including phenoxy) is 1. The van der Waals surface area contributed by atoms with E-state index in [-0.39, 0.29) is 11.7 Å². The molecule has 0 radical (unpaired) electrons. The van der Waals surface area contributed by atoms with Gasteiger partial charge in [0.25, 0.3) is 0 Å². The summed E-state index contributed by atoms with van der Waals surface area (Å²) >= 11 is 0. The van der Waals surface area contributed by atoms with Gasteiger partial charge in [-0.25, -0.2) is 0 Å². The van der Waals surface area contributed by atoms with Crippen LogP contribution in [0.3, 0.4) is 0 Å². The van der Waals surface area contributed by atoms with Crippen LogP contribution in [0.2, 0.25) is 0 Å². The Bertz CT molecular complexity index is 481. The highest BCUT2D eigenvalue weighted by Crippen LogP contribution is 2.30. The molecule has 6 heteroatoms. The second-order valence-corrected chi connectivity index (χ2v) is 2.93. The van der Waals surface area contributed by atoms with Crippen molar-refractivity contribution in [3.63, 3.8) is 0 Å². The molecule has 1 aromatic heterocycles. The van der Waals surface area contributed by atoms with Crippen LogP contribution in [0.25, 0.3) is 11.4 Å². The maximum absolute atomic E-state index is 9.61. The number of nitrogens with zero attached hydrogens (tertiary/aromatic N) is 2. The number of H-pyrrole nitrogens is 1. The third kappa shape index (κ3) is 1.69. The van der Waals surface area contributed by atoms with Gasteiger partial charge in [0.1, 0.15) is 11.5 Å². The molecule has 0 unspecified atom stereocenters. The van der Waals surface area contributed by atoms with Gasteiger partial charge >= 0.3 is 0 Å². The third-order valence-electron chi connectivity index (χ3n) is 1.96. The van der Waals surface area contributed by atoms with E-state index in [2.05, 4.69) is 15.2 Å². The summed E-state index contributed by atoms with van der Waals surface area (Å²) in [4.78, 5) is 3.91. The van der Waals surface area contributed by atoms with Crippen LogP contribution in [0.4, 0.5) is 5.95 Å². The summed E-state index contributed by atoms with van der Waals surface area (Å²) in [6, 6.07) is 4.82. The molecule has 0 amide bonds. The number of nitrogen functional groups attached to an aromatic ring is 1. The topological polar surface area (TPSA) is 97.1 Å². The molecule has 4 N–H and O–H groups in total. The van der Waals surface area contributed by atoms with E-state index in [1.807, 2.05) is 0 Å². The van der Waals surface area contributed by atoms with Crippen molar-refractivity contribution in [2.75, 3.05) is 12.8 Å². The number of hydrogen-bond donors (Lipinski definition) is 3. The molecule has 0 atom stereocenters. The maximum atomic E-state index is 9.61. The Balaban J connectivity index is 2.51. The molecule has 0 fully saturated rings. The molecule has 0 saturated heterocycles. The first-order valence-electron chi connectivity index (χ1n) is 4.26. The van der Waals surface area contributed by atoms with E-state index in [4.69, 9.17) is 10.5 Å². The Morgan fingerprint density at radius 3 is 2.87 bits per heavy atom. The van der Waals surface area contributed by atoms with Gasteiger partial charge in [0.2, 0.25) is 5.95 Å². The summed E-state index contributed by atoms with van der Waals surface area (Å²) in [6.07, 6.45) is 0. The van der Waals surface area contributed by atoms with Crippen LogP contribution < -0.4 is 10.5 Å². The monoisotopic (exact) mass is 206 g/mol. The van der Waals surface area contributed by atoms with Gasteiger partial charge in [0, 0.05) is 0 Å². The number of rotatable bonds is 2. The van der Waals surface area contributed by atoms with Gasteiger partial charge in [-0.1, -0.05) is 0 Å². The lowest BCUT2D eigenvalue weighted by atomic mass is 10.2. The van der Waals surface area contributed by atoms with E-state index in [0.717, 1.165) is 0 Å². The Labute approximate surface area is 85.7 Å². The van der Waals surface area contributed by atoms with Crippen molar-refractivity contribution < 1.29 is 9.84 Å². The fraction of sp³-hybridized carbons (Fsp3) is 0.111. The quantitative estimate of drug-likeness (QED) is 0.674. The molecular weight excluding hydrogens is 196 g/mol. The molecule has 0 aliphatic rings. The number of aromatic nitrogens is 3. The SMILES string of the molecule is COc1ccc(O)c(-c2nc(N)n[nH]2)c1. The summed E-state index contributed by atoms with van der Waals surface area (Å²) in [7, 11) is 1.55. The molecule has 0 aliphatic heterocycles. The molecule has 0 spiro atoms.